The molecule has 22 heavy (non-hydrogen) atoms. The highest BCUT2D eigenvalue weighted by molar-refractivity contribution is 8.10. The SMILES string of the molecule is [B]S(=O)(=O)NCc1ccc2c(c1)CCC(=O)N2CC(F)(F)F. The lowest BCUT2D eigenvalue weighted by atomic mass is 9.98. The van der Waals surface area contributed by atoms with Gasteiger partial charge in [-0.3, -0.25) is 4.79 Å². The maximum absolute atomic E-state index is 12.6. The predicted molar refractivity (Wildman–Crippen MR) is 74.7 cm³/mol. The minimum atomic E-state index is -4.49. The maximum Gasteiger partial charge on any atom is 0.406 e. The van der Waals surface area contributed by atoms with E-state index in [0.29, 0.717) is 22.4 Å². The van der Waals surface area contributed by atoms with Crippen LogP contribution >= 0.6 is 0 Å². The number of rotatable bonds is 4. The van der Waals surface area contributed by atoms with Gasteiger partial charge in [0.15, 0.2) is 0 Å². The Kier molecular flexibility index (Phi) is 4.53. The number of carbonyl (C=O) groups excluding carboxylic acids is 1. The molecule has 1 aliphatic rings. The Morgan fingerprint density at radius 3 is 2.55 bits per heavy atom. The van der Waals surface area contributed by atoms with Crippen molar-refractivity contribution in [2.45, 2.75) is 25.6 Å². The highest BCUT2D eigenvalue weighted by Gasteiger charge is 2.36. The molecule has 10 heteroatoms. The van der Waals surface area contributed by atoms with Gasteiger partial charge in [-0.1, -0.05) is 12.1 Å². The number of hydrogen-bond donors (Lipinski definition) is 1. The van der Waals surface area contributed by atoms with E-state index in [1.807, 2.05) is 0 Å². The molecular weight excluding hydrogens is 320 g/mol. The third-order valence-electron chi connectivity index (χ3n) is 3.16. The first kappa shape index (κ1) is 16.8. The van der Waals surface area contributed by atoms with Gasteiger partial charge >= 0.3 is 6.18 Å². The van der Waals surface area contributed by atoms with Gasteiger partial charge in [0, 0.05) is 18.7 Å². The van der Waals surface area contributed by atoms with Gasteiger partial charge in [-0.05, 0) is 23.6 Å². The van der Waals surface area contributed by atoms with Crippen LogP contribution in [-0.2, 0) is 27.6 Å². The summed E-state index contributed by atoms with van der Waals surface area (Å²) in [7, 11) is 0.964. The first-order valence-electron chi connectivity index (χ1n) is 6.31. The van der Waals surface area contributed by atoms with Gasteiger partial charge in [0.05, 0.1) is 0 Å². The van der Waals surface area contributed by atoms with Crippen LogP contribution in [0.1, 0.15) is 17.5 Å². The molecule has 118 valence electrons. The minimum Gasteiger partial charge on any atom is -0.303 e. The Morgan fingerprint density at radius 2 is 1.95 bits per heavy atom. The highest BCUT2D eigenvalue weighted by atomic mass is 32.2. The number of halogens is 3. The van der Waals surface area contributed by atoms with Crippen molar-refractivity contribution < 1.29 is 26.4 Å². The van der Waals surface area contributed by atoms with Crippen LogP contribution in [0, 0.1) is 0 Å². The molecular formula is C12H12BF3N2O3S. The van der Waals surface area contributed by atoms with Crippen molar-refractivity contribution in [3.8, 4) is 0 Å². The molecule has 0 saturated carbocycles. The molecule has 2 rings (SSSR count). The van der Waals surface area contributed by atoms with E-state index in [2.05, 4.69) is 4.72 Å². The number of benzene rings is 1. The standard InChI is InChI=1S/C12H12BF3N2O3S/c13-22(20,21)17-6-8-1-3-10-9(5-8)2-4-11(19)18(10)7-12(14,15)16/h1,3,5,17H,2,4,6-7H2. The predicted octanol–water partition coefficient (Wildman–Crippen LogP) is 1.03. The summed E-state index contributed by atoms with van der Waals surface area (Å²) in [5, 5.41) is 0. The number of hydrogen-bond acceptors (Lipinski definition) is 3. The fraction of sp³-hybridized carbons (Fsp3) is 0.417. The van der Waals surface area contributed by atoms with Crippen LogP contribution in [0.3, 0.4) is 0 Å². The third kappa shape index (κ3) is 4.47. The Bertz CT molecular complexity index is 691. The molecule has 1 aromatic rings. The quantitative estimate of drug-likeness (QED) is 0.838. The molecule has 1 aliphatic heterocycles. The number of carbonyl (C=O) groups is 1. The Labute approximate surface area is 126 Å². The number of nitrogens with one attached hydrogen (secondary N) is 1. The first-order valence-corrected chi connectivity index (χ1v) is 7.86. The van der Waals surface area contributed by atoms with Gasteiger partial charge < -0.3 is 4.90 Å². The molecule has 0 aromatic heterocycles. The smallest absolute Gasteiger partial charge is 0.303 e. The minimum absolute atomic E-state index is 0.0187. The summed E-state index contributed by atoms with van der Waals surface area (Å²) in [5.41, 5.74) is 1.32. The molecule has 0 unspecified atom stereocenters. The zero-order valence-electron chi connectivity index (χ0n) is 11.4. The molecule has 1 aromatic carbocycles. The van der Waals surface area contributed by atoms with Crippen molar-refractivity contribution in [3.63, 3.8) is 0 Å². The van der Waals surface area contributed by atoms with E-state index in [1.54, 1.807) is 6.07 Å². The topological polar surface area (TPSA) is 66.5 Å². The van der Waals surface area contributed by atoms with Crippen molar-refractivity contribution in [2.24, 2.45) is 0 Å². The average Bonchev–Trinajstić information content (AvgIpc) is 2.37. The zero-order chi connectivity index (χ0) is 16.5. The molecule has 0 aliphatic carbocycles. The van der Waals surface area contributed by atoms with Crippen LogP contribution in [0.15, 0.2) is 18.2 Å². The number of amides is 1. The van der Waals surface area contributed by atoms with E-state index < -0.39 is 28.5 Å². The van der Waals surface area contributed by atoms with Gasteiger partial charge in [-0.25, -0.2) is 13.1 Å². The van der Waals surface area contributed by atoms with Crippen LogP contribution in [0.4, 0.5) is 18.9 Å². The van der Waals surface area contributed by atoms with Crippen molar-refractivity contribution in [2.75, 3.05) is 11.4 Å². The lowest BCUT2D eigenvalue weighted by Gasteiger charge is -2.30. The van der Waals surface area contributed by atoms with Crippen LogP contribution in [-0.4, -0.2) is 34.2 Å². The van der Waals surface area contributed by atoms with Crippen molar-refractivity contribution >= 4 is 28.6 Å². The largest absolute Gasteiger partial charge is 0.406 e. The number of fused-ring (bicyclic) bond motifs is 1. The molecule has 5 nitrogen and oxygen atoms in total. The van der Waals surface area contributed by atoms with E-state index in [-0.39, 0.29) is 18.7 Å². The van der Waals surface area contributed by atoms with E-state index in [4.69, 9.17) is 7.12 Å². The van der Waals surface area contributed by atoms with Gasteiger partial charge in [0.1, 0.15) is 16.4 Å². The van der Waals surface area contributed by atoms with Crippen LogP contribution in [0.2, 0.25) is 0 Å². The number of alkyl halides is 3. The molecule has 0 spiro atoms. The van der Waals surface area contributed by atoms with Crippen molar-refractivity contribution in [1.82, 2.24) is 4.72 Å². The monoisotopic (exact) mass is 332 g/mol. The van der Waals surface area contributed by atoms with Gasteiger partial charge in [0.2, 0.25) is 5.91 Å². The summed E-state index contributed by atoms with van der Waals surface area (Å²) in [6.07, 6.45) is -4.20. The molecule has 0 bridgehead atoms. The van der Waals surface area contributed by atoms with Gasteiger partial charge in [-0.2, -0.15) is 13.2 Å². The fourth-order valence-corrected chi connectivity index (χ4v) is 2.63. The number of anilines is 1. The molecule has 1 N–H and O–H groups in total. The zero-order valence-corrected chi connectivity index (χ0v) is 12.2. The summed E-state index contributed by atoms with van der Waals surface area (Å²) in [6, 6.07) is 4.42. The molecule has 1 heterocycles. The summed E-state index contributed by atoms with van der Waals surface area (Å²) < 4.78 is 61.4. The second-order valence-corrected chi connectivity index (χ2v) is 6.30. The van der Waals surface area contributed by atoms with Crippen molar-refractivity contribution in [3.05, 3.63) is 29.3 Å². The molecule has 0 saturated heterocycles. The summed E-state index contributed by atoms with van der Waals surface area (Å²) in [6.45, 7) is -1.41. The van der Waals surface area contributed by atoms with E-state index in [1.165, 1.54) is 12.1 Å². The maximum atomic E-state index is 12.6. The lowest BCUT2D eigenvalue weighted by Crippen LogP contribution is -2.41. The second kappa shape index (κ2) is 5.92. The van der Waals surface area contributed by atoms with Crippen molar-refractivity contribution in [1.29, 1.82) is 0 Å². The normalized spacial score (nSPS) is 15.8. The summed E-state index contributed by atoms with van der Waals surface area (Å²) in [4.78, 5) is 12.4. The van der Waals surface area contributed by atoms with E-state index >= 15 is 0 Å². The average molecular weight is 332 g/mol. The number of nitrogens with zero attached hydrogens (tertiary/aromatic N) is 1. The molecule has 1 amide bonds. The van der Waals surface area contributed by atoms with Gasteiger partial charge in [-0.15, -0.1) is 0 Å². The fourth-order valence-electron chi connectivity index (χ4n) is 2.26. The van der Waals surface area contributed by atoms with E-state index in [9.17, 15) is 26.4 Å². The first-order chi connectivity index (χ1) is 10.1. The van der Waals surface area contributed by atoms with Gasteiger partial charge in [0.25, 0.3) is 7.12 Å². The van der Waals surface area contributed by atoms with Crippen LogP contribution in [0.5, 0.6) is 0 Å². The Hall–Kier alpha value is -1.55. The summed E-state index contributed by atoms with van der Waals surface area (Å²) in [5.74, 6) is -0.583. The Balaban J connectivity index is 2.24. The molecule has 2 radical (unpaired) electrons. The molecule has 0 fully saturated rings. The third-order valence-corrected chi connectivity index (χ3v) is 3.71. The molecule has 0 atom stereocenters. The summed E-state index contributed by atoms with van der Waals surface area (Å²) >= 11 is 0. The Morgan fingerprint density at radius 1 is 1.27 bits per heavy atom. The number of aryl methyl sites for hydroxylation is 1. The second-order valence-electron chi connectivity index (χ2n) is 4.92. The van der Waals surface area contributed by atoms with Crippen LogP contribution in [0.25, 0.3) is 0 Å². The highest BCUT2D eigenvalue weighted by Crippen LogP contribution is 2.31. The lowest BCUT2D eigenvalue weighted by molar-refractivity contribution is -0.132. The van der Waals surface area contributed by atoms with E-state index in [0.717, 1.165) is 0 Å². The van der Waals surface area contributed by atoms with Crippen LogP contribution < -0.4 is 9.62 Å².